The van der Waals surface area contributed by atoms with Crippen LogP contribution in [0, 0.1) is 19.8 Å². The number of ether oxygens (including phenoxy) is 3. The fourth-order valence-electron chi connectivity index (χ4n) is 3.65. The molecule has 29 heavy (non-hydrogen) atoms. The van der Waals surface area contributed by atoms with Gasteiger partial charge in [0.1, 0.15) is 5.76 Å². The van der Waals surface area contributed by atoms with Crippen LogP contribution in [0.3, 0.4) is 0 Å². The third-order valence-corrected chi connectivity index (χ3v) is 5.55. The zero-order valence-electron chi connectivity index (χ0n) is 17.3. The normalized spacial score (nSPS) is 25.2. The SMILES string of the molecule is Cc1ccc(-c2nc(CC3COC(C)(C(=O)N4CCOCC4)OC3)c(C)o2)cc1. The smallest absolute Gasteiger partial charge is 0.282 e. The Balaban J connectivity index is 1.37. The van der Waals surface area contributed by atoms with Gasteiger partial charge in [0.25, 0.3) is 5.91 Å². The van der Waals surface area contributed by atoms with Gasteiger partial charge in [0.2, 0.25) is 11.7 Å². The standard InChI is InChI=1S/C22H28N2O5/c1-15-4-6-18(7-5-15)20-23-19(16(2)29-20)12-17-13-27-22(3,28-14-17)21(25)24-8-10-26-11-9-24/h4-7,17H,8-14H2,1-3H3. The molecule has 0 atom stereocenters. The summed E-state index contributed by atoms with van der Waals surface area (Å²) >= 11 is 0. The molecule has 0 unspecified atom stereocenters. The Morgan fingerprint density at radius 2 is 1.79 bits per heavy atom. The zero-order valence-corrected chi connectivity index (χ0v) is 17.3. The number of hydrogen-bond acceptors (Lipinski definition) is 6. The van der Waals surface area contributed by atoms with Gasteiger partial charge in [-0.25, -0.2) is 4.98 Å². The largest absolute Gasteiger partial charge is 0.441 e. The minimum absolute atomic E-state index is 0.121. The Morgan fingerprint density at radius 3 is 2.45 bits per heavy atom. The first-order valence-corrected chi connectivity index (χ1v) is 10.1. The Morgan fingerprint density at radius 1 is 1.14 bits per heavy atom. The summed E-state index contributed by atoms with van der Waals surface area (Å²) in [4.78, 5) is 19.2. The molecule has 0 radical (unpaired) electrons. The molecule has 3 heterocycles. The molecule has 0 spiro atoms. The maximum Gasteiger partial charge on any atom is 0.282 e. The van der Waals surface area contributed by atoms with Crippen LogP contribution in [-0.2, 0) is 25.4 Å². The Bertz CT molecular complexity index is 847. The number of hydrogen-bond donors (Lipinski definition) is 0. The summed E-state index contributed by atoms with van der Waals surface area (Å²) in [6.07, 6.45) is 0.684. The molecule has 2 aliphatic heterocycles. The number of amides is 1. The summed E-state index contributed by atoms with van der Waals surface area (Å²) in [5, 5.41) is 0. The molecule has 7 nitrogen and oxygen atoms in total. The van der Waals surface area contributed by atoms with Crippen molar-refractivity contribution >= 4 is 5.91 Å². The van der Waals surface area contributed by atoms with Crippen LogP contribution in [0.25, 0.3) is 11.5 Å². The molecule has 2 fully saturated rings. The van der Waals surface area contributed by atoms with E-state index >= 15 is 0 Å². The second-order valence-corrected chi connectivity index (χ2v) is 7.93. The molecule has 2 saturated heterocycles. The summed E-state index contributed by atoms with van der Waals surface area (Å²) in [6, 6.07) is 8.12. The predicted octanol–water partition coefficient (Wildman–Crippen LogP) is 2.74. The van der Waals surface area contributed by atoms with Crippen molar-refractivity contribution in [2.45, 2.75) is 33.0 Å². The first-order chi connectivity index (χ1) is 13.9. The number of aryl methyl sites for hydroxylation is 2. The summed E-state index contributed by atoms with van der Waals surface area (Å²) in [6.45, 7) is 8.83. The molecule has 2 aromatic rings. The molecule has 156 valence electrons. The van der Waals surface area contributed by atoms with Gasteiger partial charge in [-0.3, -0.25) is 4.79 Å². The summed E-state index contributed by atoms with van der Waals surface area (Å²) in [5.41, 5.74) is 3.06. The maximum atomic E-state index is 12.8. The van der Waals surface area contributed by atoms with Crippen LogP contribution in [0.1, 0.15) is 23.9 Å². The lowest BCUT2D eigenvalue weighted by Crippen LogP contribution is -2.56. The molecule has 1 aromatic carbocycles. The molecule has 4 rings (SSSR count). The first kappa shape index (κ1) is 20.1. The van der Waals surface area contributed by atoms with Crippen LogP contribution >= 0.6 is 0 Å². The van der Waals surface area contributed by atoms with Gasteiger partial charge in [0, 0.05) is 31.0 Å². The highest BCUT2D eigenvalue weighted by Crippen LogP contribution is 2.28. The number of carbonyl (C=O) groups excluding carboxylic acids is 1. The predicted molar refractivity (Wildman–Crippen MR) is 106 cm³/mol. The fourth-order valence-corrected chi connectivity index (χ4v) is 3.65. The van der Waals surface area contributed by atoms with Crippen LogP contribution in [0.4, 0.5) is 0 Å². The van der Waals surface area contributed by atoms with Gasteiger partial charge in [0.05, 0.1) is 32.1 Å². The highest BCUT2D eigenvalue weighted by atomic mass is 16.7. The monoisotopic (exact) mass is 400 g/mol. The minimum atomic E-state index is -1.22. The van der Waals surface area contributed by atoms with Gasteiger partial charge in [0.15, 0.2) is 0 Å². The summed E-state index contributed by atoms with van der Waals surface area (Å²) < 4.78 is 23.0. The highest BCUT2D eigenvalue weighted by molar-refractivity contribution is 5.83. The Kier molecular flexibility index (Phi) is 5.72. The molecule has 0 bridgehead atoms. The van der Waals surface area contributed by atoms with Gasteiger partial charge >= 0.3 is 0 Å². The average Bonchev–Trinajstić information content (AvgIpc) is 3.10. The molecular formula is C22H28N2O5. The van der Waals surface area contributed by atoms with Crippen LogP contribution in [0.15, 0.2) is 28.7 Å². The molecule has 1 amide bonds. The van der Waals surface area contributed by atoms with Crippen LogP contribution in [-0.4, -0.2) is 61.1 Å². The first-order valence-electron chi connectivity index (χ1n) is 10.1. The third-order valence-electron chi connectivity index (χ3n) is 5.55. The number of morpholine rings is 1. The summed E-state index contributed by atoms with van der Waals surface area (Å²) in [7, 11) is 0. The fraction of sp³-hybridized carbons (Fsp3) is 0.545. The third kappa shape index (κ3) is 4.37. The number of oxazole rings is 1. The topological polar surface area (TPSA) is 74.0 Å². The van der Waals surface area contributed by atoms with Crippen molar-refractivity contribution in [2.75, 3.05) is 39.5 Å². The Labute approximate surface area is 170 Å². The lowest BCUT2D eigenvalue weighted by atomic mass is 10.0. The van der Waals surface area contributed by atoms with Crippen molar-refractivity contribution in [3.63, 3.8) is 0 Å². The second kappa shape index (κ2) is 8.26. The van der Waals surface area contributed by atoms with Crippen LogP contribution in [0.2, 0.25) is 0 Å². The van der Waals surface area contributed by atoms with Crippen molar-refractivity contribution in [3.8, 4) is 11.5 Å². The highest BCUT2D eigenvalue weighted by Gasteiger charge is 2.43. The van der Waals surface area contributed by atoms with Gasteiger partial charge in [-0.15, -0.1) is 0 Å². The van der Waals surface area contributed by atoms with E-state index in [9.17, 15) is 4.79 Å². The van der Waals surface area contributed by atoms with E-state index in [4.69, 9.17) is 18.6 Å². The Hall–Kier alpha value is -2.22. The lowest BCUT2D eigenvalue weighted by Gasteiger charge is -2.40. The number of aromatic nitrogens is 1. The van der Waals surface area contributed by atoms with Gasteiger partial charge < -0.3 is 23.5 Å². The number of carbonyl (C=O) groups is 1. The second-order valence-electron chi connectivity index (χ2n) is 7.93. The molecule has 2 aliphatic rings. The zero-order chi connectivity index (χ0) is 20.4. The van der Waals surface area contributed by atoms with E-state index < -0.39 is 5.79 Å². The van der Waals surface area contributed by atoms with E-state index in [1.54, 1.807) is 11.8 Å². The molecule has 0 aliphatic carbocycles. The molecule has 7 heteroatoms. The molecular weight excluding hydrogens is 372 g/mol. The van der Waals surface area contributed by atoms with E-state index in [-0.39, 0.29) is 11.8 Å². The quantitative estimate of drug-likeness (QED) is 0.786. The molecule has 1 aromatic heterocycles. The van der Waals surface area contributed by atoms with Crippen molar-refractivity contribution in [2.24, 2.45) is 5.92 Å². The summed E-state index contributed by atoms with van der Waals surface area (Å²) in [5.74, 6) is 0.203. The van der Waals surface area contributed by atoms with E-state index in [1.807, 2.05) is 31.2 Å². The average molecular weight is 400 g/mol. The van der Waals surface area contributed by atoms with Crippen molar-refractivity contribution in [3.05, 3.63) is 41.3 Å². The molecule has 0 N–H and O–H groups in total. The number of rotatable bonds is 4. The van der Waals surface area contributed by atoms with Gasteiger partial charge in [-0.2, -0.15) is 0 Å². The van der Waals surface area contributed by atoms with E-state index in [2.05, 4.69) is 11.9 Å². The van der Waals surface area contributed by atoms with Crippen LogP contribution in [0.5, 0.6) is 0 Å². The minimum Gasteiger partial charge on any atom is -0.441 e. The molecule has 0 saturated carbocycles. The van der Waals surface area contributed by atoms with E-state index in [1.165, 1.54) is 5.56 Å². The van der Waals surface area contributed by atoms with Crippen molar-refractivity contribution in [1.29, 1.82) is 0 Å². The number of nitrogens with zero attached hydrogens (tertiary/aromatic N) is 2. The van der Waals surface area contributed by atoms with E-state index in [0.29, 0.717) is 51.8 Å². The van der Waals surface area contributed by atoms with E-state index in [0.717, 1.165) is 17.0 Å². The number of benzene rings is 1. The van der Waals surface area contributed by atoms with Gasteiger partial charge in [-0.05, 0) is 32.9 Å². The van der Waals surface area contributed by atoms with Crippen LogP contribution < -0.4 is 0 Å². The van der Waals surface area contributed by atoms with Crippen molar-refractivity contribution in [1.82, 2.24) is 9.88 Å². The van der Waals surface area contributed by atoms with Gasteiger partial charge in [-0.1, -0.05) is 17.7 Å². The van der Waals surface area contributed by atoms with Crippen molar-refractivity contribution < 1.29 is 23.4 Å². The lowest BCUT2D eigenvalue weighted by molar-refractivity contribution is -0.267. The maximum absolute atomic E-state index is 12.8.